The Morgan fingerprint density at radius 3 is 2.76 bits per heavy atom. The number of fused-ring (bicyclic) bond motifs is 1. The summed E-state index contributed by atoms with van der Waals surface area (Å²) in [4.78, 5) is 12.9. The molecule has 1 saturated heterocycles. The molecule has 4 heterocycles. The number of hydrogen-bond donors (Lipinski definition) is 3. The molecule has 12 heteroatoms. The van der Waals surface area contributed by atoms with E-state index in [9.17, 15) is 16.8 Å². The lowest BCUT2D eigenvalue weighted by Gasteiger charge is -2.27. The van der Waals surface area contributed by atoms with Crippen molar-refractivity contribution in [2.24, 2.45) is 0 Å². The van der Waals surface area contributed by atoms with Crippen molar-refractivity contribution in [1.29, 1.82) is 0 Å². The van der Waals surface area contributed by atoms with Crippen molar-refractivity contribution in [2.75, 3.05) is 42.4 Å². The van der Waals surface area contributed by atoms with Crippen molar-refractivity contribution in [3.63, 3.8) is 0 Å². The molecule has 1 atom stereocenters. The van der Waals surface area contributed by atoms with Crippen LogP contribution in [0.4, 0.5) is 5.69 Å². The average molecular weight is 507 g/mol. The standard InChI is InChI=1S/C21H23N5O4S3/c27-32(28)10-8-26(9-11-32)14-16-13-23-21(31-16)18-12-15-4-3-5-17(20(15)24-18)25-33(29,30)19-6-1-2-7-22-19/h1-7,12,16,24-25H,8-11,13-14H2/p+1. The van der Waals surface area contributed by atoms with Crippen LogP contribution in [-0.4, -0.2) is 79.7 Å². The minimum atomic E-state index is -3.81. The Kier molecular flexibility index (Phi) is 5.93. The van der Waals surface area contributed by atoms with Gasteiger partial charge >= 0.3 is 0 Å². The van der Waals surface area contributed by atoms with Crippen LogP contribution in [0.25, 0.3) is 10.9 Å². The second-order valence-electron chi connectivity index (χ2n) is 8.13. The van der Waals surface area contributed by atoms with Gasteiger partial charge in [0.05, 0.1) is 28.0 Å². The zero-order valence-electron chi connectivity index (χ0n) is 17.7. The highest BCUT2D eigenvalue weighted by atomic mass is 32.2. The van der Waals surface area contributed by atoms with Crippen LogP contribution in [0.3, 0.4) is 0 Å². The van der Waals surface area contributed by atoms with Gasteiger partial charge in [-0.1, -0.05) is 18.2 Å². The zero-order chi connectivity index (χ0) is 23.1. The Labute approximate surface area is 196 Å². The zero-order valence-corrected chi connectivity index (χ0v) is 20.1. The number of H-pyrrole nitrogens is 1. The molecule has 1 unspecified atom stereocenters. The van der Waals surface area contributed by atoms with Gasteiger partial charge in [-0.05, 0) is 36.0 Å². The van der Waals surface area contributed by atoms with E-state index in [0.29, 0.717) is 29.5 Å². The highest BCUT2D eigenvalue weighted by Crippen LogP contribution is 2.28. The highest BCUT2D eigenvalue weighted by molar-refractivity contribution is 8.14. The first-order valence-electron chi connectivity index (χ1n) is 10.6. The van der Waals surface area contributed by atoms with Crippen LogP contribution in [0.1, 0.15) is 5.69 Å². The van der Waals surface area contributed by atoms with Gasteiger partial charge in [-0.3, -0.25) is 9.62 Å². The van der Waals surface area contributed by atoms with Gasteiger partial charge in [0.25, 0.3) is 15.1 Å². The Morgan fingerprint density at radius 2 is 2.00 bits per heavy atom. The molecule has 0 spiro atoms. The number of aromatic amines is 1. The van der Waals surface area contributed by atoms with Gasteiger partial charge in [-0.15, -0.1) is 0 Å². The van der Waals surface area contributed by atoms with Crippen molar-refractivity contribution in [1.82, 2.24) is 14.9 Å². The smallest absolute Gasteiger partial charge is 0.279 e. The maximum Gasteiger partial charge on any atom is 0.279 e. The van der Waals surface area contributed by atoms with Gasteiger partial charge in [0.1, 0.15) is 5.69 Å². The number of rotatable bonds is 6. The van der Waals surface area contributed by atoms with Crippen LogP contribution < -0.4 is 9.71 Å². The number of nitrogens with zero attached hydrogens (tertiary/aromatic N) is 2. The number of nitrogens with one attached hydrogen (secondary N) is 3. The summed E-state index contributed by atoms with van der Waals surface area (Å²) in [5, 5.41) is 2.17. The van der Waals surface area contributed by atoms with E-state index in [-0.39, 0.29) is 16.5 Å². The molecule has 1 fully saturated rings. The molecule has 3 N–H and O–H groups in total. The summed E-state index contributed by atoms with van der Waals surface area (Å²) in [5.41, 5.74) is 2.05. The Bertz CT molecular complexity index is 1400. The predicted molar refractivity (Wildman–Crippen MR) is 130 cm³/mol. The summed E-state index contributed by atoms with van der Waals surface area (Å²) < 4.78 is 51.4. The van der Waals surface area contributed by atoms with Gasteiger partial charge in [-0.25, -0.2) is 18.4 Å². The van der Waals surface area contributed by atoms with E-state index < -0.39 is 19.9 Å². The van der Waals surface area contributed by atoms with Crippen LogP contribution >= 0.6 is 11.8 Å². The summed E-state index contributed by atoms with van der Waals surface area (Å²) in [6, 6.07) is 12.2. The molecule has 5 rings (SSSR count). The first-order valence-corrected chi connectivity index (χ1v) is 14.7. The minimum Gasteiger partial charge on any atom is -0.347 e. The van der Waals surface area contributed by atoms with E-state index in [0.717, 1.165) is 29.2 Å². The molecule has 9 nitrogen and oxygen atoms in total. The van der Waals surface area contributed by atoms with Gasteiger partial charge in [0.15, 0.2) is 21.4 Å². The summed E-state index contributed by atoms with van der Waals surface area (Å²) in [6.45, 7) is 2.78. The van der Waals surface area contributed by atoms with Crippen molar-refractivity contribution >= 4 is 53.3 Å². The monoisotopic (exact) mass is 506 g/mol. The molecule has 0 amide bonds. The highest BCUT2D eigenvalue weighted by Gasteiger charge is 2.32. The van der Waals surface area contributed by atoms with Crippen molar-refractivity contribution in [2.45, 2.75) is 10.3 Å². The Balaban J connectivity index is 1.31. The van der Waals surface area contributed by atoms with Gasteiger partial charge in [0, 0.05) is 31.2 Å². The van der Waals surface area contributed by atoms with Crippen LogP contribution in [0, 0.1) is 0 Å². The first-order chi connectivity index (χ1) is 15.8. The molecule has 2 aliphatic heterocycles. The number of thioether (sulfide) groups is 1. The quantitative estimate of drug-likeness (QED) is 0.431. The molecule has 2 aliphatic rings. The molecule has 0 radical (unpaired) electrons. The number of aromatic nitrogens is 2. The second-order valence-corrected chi connectivity index (χ2v) is 13.4. The SMILES string of the molecule is O=S1(=O)CCN(CC2C[NH+]=C(c3cc4cccc(NS(=O)(=O)c5ccccn5)c4[nH]3)S2)CC1. The van der Waals surface area contributed by atoms with Crippen molar-refractivity contribution in [3.05, 3.63) is 54.4 Å². The normalized spacial score (nSPS) is 21.2. The summed E-state index contributed by atoms with van der Waals surface area (Å²) in [6.07, 6.45) is 1.45. The molecule has 0 bridgehead atoms. The molecule has 2 aromatic heterocycles. The molecule has 0 saturated carbocycles. The molecule has 3 aromatic rings. The maximum atomic E-state index is 12.7. The van der Waals surface area contributed by atoms with Crippen molar-refractivity contribution in [3.8, 4) is 0 Å². The van der Waals surface area contributed by atoms with E-state index in [1.165, 1.54) is 12.3 Å². The van der Waals surface area contributed by atoms with Crippen molar-refractivity contribution < 1.29 is 21.8 Å². The number of pyridine rings is 1. The van der Waals surface area contributed by atoms with E-state index in [1.807, 2.05) is 18.2 Å². The third-order valence-electron chi connectivity index (χ3n) is 5.73. The molecular formula is C21H24N5O4S3+. The number of sulfonamides is 1. The lowest BCUT2D eigenvalue weighted by Crippen LogP contribution is -2.71. The Hall–Kier alpha value is -2.41. The van der Waals surface area contributed by atoms with E-state index in [4.69, 9.17) is 0 Å². The van der Waals surface area contributed by atoms with E-state index in [1.54, 1.807) is 30.0 Å². The molecule has 1 aromatic carbocycles. The fourth-order valence-corrected chi connectivity index (χ4v) is 7.49. The lowest BCUT2D eigenvalue weighted by molar-refractivity contribution is -0.448. The number of hydrogen-bond acceptors (Lipinski definition) is 7. The largest absolute Gasteiger partial charge is 0.347 e. The fourth-order valence-electron chi connectivity index (χ4n) is 4.00. The van der Waals surface area contributed by atoms with E-state index >= 15 is 0 Å². The summed E-state index contributed by atoms with van der Waals surface area (Å²) in [7, 11) is -6.68. The number of anilines is 1. The van der Waals surface area contributed by atoms with Gasteiger partial charge in [-0.2, -0.15) is 8.42 Å². The number of para-hydroxylation sites is 1. The first kappa shape index (κ1) is 22.4. The third kappa shape index (κ3) is 4.93. The molecule has 174 valence electrons. The van der Waals surface area contributed by atoms with Gasteiger partial charge < -0.3 is 4.98 Å². The van der Waals surface area contributed by atoms with Crippen LogP contribution in [0.5, 0.6) is 0 Å². The third-order valence-corrected chi connectivity index (χ3v) is 9.87. The number of sulfone groups is 1. The Morgan fingerprint density at radius 1 is 1.18 bits per heavy atom. The van der Waals surface area contributed by atoms with Crippen LogP contribution in [0.15, 0.2) is 53.7 Å². The van der Waals surface area contributed by atoms with Gasteiger partial charge in [0.2, 0.25) is 0 Å². The fraction of sp³-hybridized carbons (Fsp3) is 0.333. The molecule has 33 heavy (non-hydrogen) atoms. The molecule has 0 aliphatic carbocycles. The topological polar surface area (TPSA) is 126 Å². The molecular weight excluding hydrogens is 482 g/mol. The predicted octanol–water partition coefficient (Wildman–Crippen LogP) is 0.0367. The van der Waals surface area contributed by atoms with Crippen LogP contribution in [0.2, 0.25) is 0 Å². The maximum absolute atomic E-state index is 12.7. The summed E-state index contributed by atoms with van der Waals surface area (Å²) in [5.74, 6) is 0.460. The average Bonchev–Trinajstić information content (AvgIpc) is 3.43. The lowest BCUT2D eigenvalue weighted by atomic mass is 10.2. The number of benzene rings is 1. The second kappa shape index (κ2) is 8.75. The minimum absolute atomic E-state index is 0.0375. The van der Waals surface area contributed by atoms with E-state index in [2.05, 4.69) is 24.6 Å². The van der Waals surface area contributed by atoms with Crippen LogP contribution in [-0.2, 0) is 19.9 Å². The summed E-state index contributed by atoms with van der Waals surface area (Å²) >= 11 is 1.72.